The van der Waals surface area contributed by atoms with E-state index in [0.717, 1.165) is 28.5 Å². The van der Waals surface area contributed by atoms with Crippen molar-refractivity contribution in [2.75, 3.05) is 5.75 Å². The molecule has 6 nitrogen and oxygen atoms in total. The summed E-state index contributed by atoms with van der Waals surface area (Å²) in [6.07, 6.45) is 3.46. The minimum Gasteiger partial charge on any atom is -0.410 e. The summed E-state index contributed by atoms with van der Waals surface area (Å²) in [5, 5.41) is 11.6. The quantitative estimate of drug-likeness (QED) is 0.342. The molecule has 0 saturated heterocycles. The predicted molar refractivity (Wildman–Crippen MR) is 129 cm³/mol. The molecule has 170 valence electrons. The molecule has 0 unspecified atom stereocenters. The molecule has 0 spiro atoms. The number of fused-ring (bicyclic) bond motifs is 1. The van der Waals surface area contributed by atoms with Gasteiger partial charge in [-0.1, -0.05) is 39.5 Å². The van der Waals surface area contributed by atoms with Crippen LogP contribution in [-0.2, 0) is 24.2 Å². The molecule has 1 atom stereocenters. The predicted octanol–water partition coefficient (Wildman–Crippen LogP) is 5.62. The summed E-state index contributed by atoms with van der Waals surface area (Å²) < 4.78 is 5.82. The third-order valence-corrected chi connectivity index (χ3v) is 8.48. The molecule has 1 aliphatic rings. The second kappa shape index (κ2) is 9.49. The summed E-state index contributed by atoms with van der Waals surface area (Å²) in [5.41, 5.74) is 0.967. The van der Waals surface area contributed by atoms with E-state index in [4.69, 9.17) is 4.42 Å². The highest BCUT2D eigenvalue weighted by molar-refractivity contribution is 7.99. The fourth-order valence-electron chi connectivity index (χ4n) is 3.43. The number of hydrogen-bond acceptors (Lipinski definition) is 8. The number of ketones is 1. The fourth-order valence-corrected chi connectivity index (χ4v) is 6.19. The van der Waals surface area contributed by atoms with E-state index < -0.39 is 5.41 Å². The maximum absolute atomic E-state index is 12.6. The largest absolute Gasteiger partial charge is 0.410 e. The number of nitrogens with one attached hydrogen (secondary N) is 1. The van der Waals surface area contributed by atoms with E-state index in [1.165, 1.54) is 40.0 Å². The van der Waals surface area contributed by atoms with Crippen molar-refractivity contribution in [3.8, 4) is 10.8 Å². The number of rotatable bonds is 7. The Morgan fingerprint density at radius 1 is 1.25 bits per heavy atom. The summed E-state index contributed by atoms with van der Waals surface area (Å²) in [4.78, 5) is 28.6. The van der Waals surface area contributed by atoms with E-state index in [0.29, 0.717) is 22.5 Å². The zero-order valence-corrected chi connectivity index (χ0v) is 21.1. The van der Waals surface area contributed by atoms with E-state index in [1.807, 2.05) is 32.9 Å². The molecule has 0 fully saturated rings. The van der Waals surface area contributed by atoms with E-state index in [2.05, 4.69) is 28.5 Å². The Bertz CT molecular complexity index is 1120. The Kier molecular flexibility index (Phi) is 6.88. The fraction of sp³-hybridized carbons (Fsp3) is 0.478. The molecule has 0 aliphatic heterocycles. The Morgan fingerprint density at radius 2 is 2.06 bits per heavy atom. The van der Waals surface area contributed by atoms with Gasteiger partial charge in [-0.3, -0.25) is 9.59 Å². The average molecular weight is 490 g/mol. The third kappa shape index (κ3) is 5.50. The van der Waals surface area contributed by atoms with Crippen LogP contribution in [0.25, 0.3) is 10.8 Å². The zero-order chi connectivity index (χ0) is 22.9. The van der Waals surface area contributed by atoms with Crippen LogP contribution in [-0.4, -0.2) is 27.6 Å². The molecule has 3 heterocycles. The van der Waals surface area contributed by atoms with Crippen molar-refractivity contribution in [3.63, 3.8) is 0 Å². The first-order valence-electron chi connectivity index (χ1n) is 10.7. The minimum absolute atomic E-state index is 0.00808. The molecule has 1 N–H and O–H groups in total. The molecule has 3 aromatic heterocycles. The molecule has 3 aromatic rings. The highest BCUT2D eigenvalue weighted by Gasteiger charge is 2.22. The Balaban J connectivity index is 1.31. The number of aryl methyl sites for hydroxylation is 1. The first-order valence-corrected chi connectivity index (χ1v) is 13.3. The van der Waals surface area contributed by atoms with Crippen LogP contribution in [0.3, 0.4) is 0 Å². The second-order valence-electron chi connectivity index (χ2n) is 9.19. The van der Waals surface area contributed by atoms with Gasteiger partial charge in [0.15, 0.2) is 5.78 Å². The lowest BCUT2D eigenvalue weighted by molar-refractivity contribution is -0.128. The number of nitrogens with zero attached hydrogens (tertiary/aromatic N) is 2. The Morgan fingerprint density at radius 3 is 2.84 bits per heavy atom. The topological polar surface area (TPSA) is 85.1 Å². The van der Waals surface area contributed by atoms with Gasteiger partial charge in [-0.25, -0.2) is 0 Å². The zero-order valence-electron chi connectivity index (χ0n) is 18.7. The Labute approximate surface area is 200 Å². The molecule has 0 saturated carbocycles. The number of thioether (sulfide) groups is 1. The standard InChI is InChI=1S/C23H27N3O3S3/c1-13-5-7-17-14(9-13)10-19(32-17)20-25-26-22(29-20)30-12-16(27)18-8-6-15(31-18)11-24-21(28)23(2,3)4/h6,8,10,13H,5,7,9,11-12H2,1-4H3,(H,24,28)/t13-/m1/s1. The molecule has 9 heteroatoms. The summed E-state index contributed by atoms with van der Waals surface area (Å²) in [6.45, 7) is 8.34. The second-order valence-corrected chi connectivity index (χ2v) is 12.4. The van der Waals surface area contributed by atoms with Gasteiger partial charge < -0.3 is 9.73 Å². The third-order valence-electron chi connectivity index (χ3n) is 5.31. The van der Waals surface area contributed by atoms with Gasteiger partial charge in [-0.05, 0) is 48.9 Å². The van der Waals surface area contributed by atoms with Crippen LogP contribution in [0.5, 0.6) is 0 Å². The van der Waals surface area contributed by atoms with Crippen molar-refractivity contribution in [1.29, 1.82) is 0 Å². The van der Waals surface area contributed by atoms with Gasteiger partial charge in [0, 0.05) is 15.2 Å². The first-order chi connectivity index (χ1) is 15.2. The summed E-state index contributed by atoms with van der Waals surface area (Å²) >= 11 is 4.40. The van der Waals surface area contributed by atoms with Crippen LogP contribution >= 0.6 is 34.4 Å². The van der Waals surface area contributed by atoms with Crippen LogP contribution in [0.15, 0.2) is 27.8 Å². The van der Waals surface area contributed by atoms with Gasteiger partial charge in [0.05, 0.1) is 22.1 Å². The highest BCUT2D eigenvalue weighted by Crippen LogP contribution is 2.37. The lowest BCUT2D eigenvalue weighted by Crippen LogP contribution is -2.34. The highest BCUT2D eigenvalue weighted by atomic mass is 32.2. The van der Waals surface area contributed by atoms with E-state index in [9.17, 15) is 9.59 Å². The maximum atomic E-state index is 12.6. The monoisotopic (exact) mass is 489 g/mol. The van der Waals surface area contributed by atoms with Crippen molar-refractivity contribution >= 4 is 46.1 Å². The number of carbonyl (C=O) groups excluding carboxylic acids is 2. The van der Waals surface area contributed by atoms with Gasteiger partial charge in [0.1, 0.15) is 0 Å². The number of hydrogen-bond donors (Lipinski definition) is 1. The first kappa shape index (κ1) is 23.2. The summed E-state index contributed by atoms with van der Waals surface area (Å²) in [7, 11) is 0. The van der Waals surface area contributed by atoms with Crippen LogP contribution in [0, 0.1) is 11.3 Å². The molecule has 0 bridgehead atoms. The number of carbonyl (C=O) groups is 2. The molecular formula is C23H27N3O3S3. The van der Waals surface area contributed by atoms with Gasteiger partial charge >= 0.3 is 0 Å². The molecular weight excluding hydrogens is 462 g/mol. The van der Waals surface area contributed by atoms with E-state index >= 15 is 0 Å². The molecule has 32 heavy (non-hydrogen) atoms. The van der Waals surface area contributed by atoms with Crippen LogP contribution in [0.2, 0.25) is 0 Å². The average Bonchev–Trinajstić information content (AvgIpc) is 3.48. The SMILES string of the molecule is C[C@@H]1CCc2sc(-c3nnc(SCC(=O)c4ccc(CNC(=O)C(C)(C)C)s4)o3)cc2C1. The lowest BCUT2D eigenvalue weighted by atomic mass is 9.90. The molecule has 0 radical (unpaired) electrons. The minimum atomic E-state index is -0.434. The van der Waals surface area contributed by atoms with Crippen molar-refractivity contribution in [3.05, 3.63) is 38.4 Å². The maximum Gasteiger partial charge on any atom is 0.277 e. The van der Waals surface area contributed by atoms with Gasteiger partial charge in [0.25, 0.3) is 11.1 Å². The normalized spacial score (nSPS) is 16.1. The van der Waals surface area contributed by atoms with Gasteiger partial charge in [-0.15, -0.1) is 32.9 Å². The number of amides is 1. The Hall–Kier alpha value is -1.97. The van der Waals surface area contributed by atoms with E-state index in [1.54, 1.807) is 11.3 Å². The smallest absolute Gasteiger partial charge is 0.277 e. The molecule has 1 aliphatic carbocycles. The van der Waals surface area contributed by atoms with Crippen molar-refractivity contribution in [1.82, 2.24) is 15.5 Å². The summed E-state index contributed by atoms with van der Waals surface area (Å²) in [5.74, 6) is 1.47. The van der Waals surface area contributed by atoms with Crippen molar-refractivity contribution in [2.45, 2.75) is 58.7 Å². The van der Waals surface area contributed by atoms with Crippen molar-refractivity contribution < 1.29 is 14.0 Å². The molecule has 4 rings (SSSR count). The number of aromatic nitrogens is 2. The van der Waals surface area contributed by atoms with Crippen LogP contribution in [0.1, 0.15) is 59.1 Å². The summed E-state index contributed by atoms with van der Waals surface area (Å²) in [6, 6.07) is 5.87. The number of Topliss-reactive ketones (excluding diaryl/α,β-unsaturated/α-hetero) is 1. The van der Waals surface area contributed by atoms with Crippen LogP contribution in [0.4, 0.5) is 0 Å². The number of thiophene rings is 2. The van der Waals surface area contributed by atoms with Gasteiger partial charge in [-0.2, -0.15) is 0 Å². The van der Waals surface area contributed by atoms with Crippen molar-refractivity contribution in [2.24, 2.45) is 11.3 Å². The van der Waals surface area contributed by atoms with Gasteiger partial charge in [0.2, 0.25) is 5.91 Å². The molecule has 0 aromatic carbocycles. The van der Waals surface area contributed by atoms with Crippen LogP contribution < -0.4 is 5.32 Å². The van der Waals surface area contributed by atoms with E-state index in [-0.39, 0.29) is 17.4 Å². The molecule has 1 amide bonds. The lowest BCUT2D eigenvalue weighted by Gasteiger charge is -2.17.